The predicted octanol–water partition coefficient (Wildman–Crippen LogP) is -0.0719. The number of nitrogens with one attached hydrogen (secondary N) is 1. The number of benzene rings is 1. The molecule has 18 heavy (non-hydrogen) atoms. The van der Waals surface area contributed by atoms with E-state index in [9.17, 15) is 15.0 Å². The van der Waals surface area contributed by atoms with Crippen LogP contribution in [0.1, 0.15) is 24.2 Å². The number of ether oxygens (including phenoxy) is 1. The lowest BCUT2D eigenvalue weighted by atomic mass is 10.0. The number of aliphatic hydroxyl groups is 2. The number of amidine groups is 1. The molecule has 5 N–H and O–H groups in total. The Morgan fingerprint density at radius 2 is 2.17 bits per heavy atom. The van der Waals surface area contributed by atoms with Crippen molar-refractivity contribution in [2.45, 2.75) is 19.1 Å². The molecule has 0 radical (unpaired) electrons. The van der Waals surface area contributed by atoms with Gasteiger partial charge in [-0.25, -0.2) is 4.79 Å². The molecule has 1 aromatic rings. The first-order valence-corrected chi connectivity index (χ1v) is 5.44. The summed E-state index contributed by atoms with van der Waals surface area (Å²) in [6.45, 7) is 1.73. The number of rotatable bonds is 5. The zero-order valence-electron chi connectivity index (χ0n) is 9.96. The maximum absolute atomic E-state index is 11.3. The minimum atomic E-state index is -1.66. The van der Waals surface area contributed by atoms with Crippen molar-refractivity contribution in [1.82, 2.24) is 0 Å². The smallest absolute Gasteiger partial charge is 0.338 e. The number of aliphatic hydroxyl groups excluding tert-OH is 2. The molecule has 0 aliphatic heterocycles. The summed E-state index contributed by atoms with van der Waals surface area (Å²) in [5, 5.41) is 26.7. The van der Waals surface area contributed by atoms with Crippen molar-refractivity contribution in [1.29, 1.82) is 5.41 Å². The van der Waals surface area contributed by atoms with E-state index < -0.39 is 18.2 Å². The molecule has 1 rings (SSSR count). The van der Waals surface area contributed by atoms with Crippen molar-refractivity contribution in [3.05, 3.63) is 35.4 Å². The van der Waals surface area contributed by atoms with Crippen molar-refractivity contribution >= 4 is 11.8 Å². The third-order valence-corrected chi connectivity index (χ3v) is 2.37. The molecule has 0 bridgehead atoms. The minimum absolute atomic E-state index is 0.121. The summed E-state index contributed by atoms with van der Waals surface area (Å²) < 4.78 is 4.61. The van der Waals surface area contributed by atoms with Gasteiger partial charge in [0.2, 0.25) is 0 Å². The molecule has 0 aromatic heterocycles. The van der Waals surface area contributed by atoms with E-state index in [0.29, 0.717) is 11.1 Å². The topological polar surface area (TPSA) is 117 Å². The number of hydrogen-bond donors (Lipinski definition) is 4. The average molecular weight is 252 g/mol. The second-order valence-electron chi connectivity index (χ2n) is 3.68. The monoisotopic (exact) mass is 252 g/mol. The van der Waals surface area contributed by atoms with Crippen molar-refractivity contribution in [3.63, 3.8) is 0 Å². The van der Waals surface area contributed by atoms with Crippen LogP contribution in [-0.4, -0.2) is 34.7 Å². The van der Waals surface area contributed by atoms with Gasteiger partial charge in [0.15, 0.2) is 6.10 Å². The first kappa shape index (κ1) is 14.1. The fraction of sp³-hybridized carbons (Fsp3) is 0.333. The molecule has 2 unspecified atom stereocenters. The standard InChI is InChI=1S/C12H16N2O4/c1-2-18-12(17)10(16)9(15)7-4-3-5-8(6-7)11(13)14/h3-6,9-10,15-16H,2H2,1H3,(H3,13,14). The zero-order chi connectivity index (χ0) is 13.7. The number of carbonyl (C=O) groups is 1. The Hall–Kier alpha value is -1.92. The zero-order valence-corrected chi connectivity index (χ0v) is 9.96. The van der Waals surface area contributed by atoms with Gasteiger partial charge in [-0.05, 0) is 18.6 Å². The Morgan fingerprint density at radius 1 is 1.50 bits per heavy atom. The molecule has 0 heterocycles. The van der Waals surface area contributed by atoms with Gasteiger partial charge < -0.3 is 20.7 Å². The Balaban J connectivity index is 2.89. The molecule has 0 aliphatic carbocycles. The molecule has 6 nitrogen and oxygen atoms in total. The highest BCUT2D eigenvalue weighted by Gasteiger charge is 2.27. The average Bonchev–Trinajstić information content (AvgIpc) is 2.37. The Bertz CT molecular complexity index is 447. The van der Waals surface area contributed by atoms with E-state index in [0.717, 1.165) is 0 Å². The third kappa shape index (κ3) is 3.28. The molecule has 98 valence electrons. The normalized spacial score (nSPS) is 13.7. The predicted molar refractivity (Wildman–Crippen MR) is 65.1 cm³/mol. The molecular weight excluding hydrogens is 236 g/mol. The van der Waals surface area contributed by atoms with Crippen molar-refractivity contribution in [2.75, 3.05) is 6.61 Å². The van der Waals surface area contributed by atoms with Gasteiger partial charge in [-0.3, -0.25) is 5.41 Å². The molecule has 2 atom stereocenters. The first-order chi connectivity index (χ1) is 8.47. The fourth-order valence-corrected chi connectivity index (χ4v) is 1.43. The SMILES string of the molecule is CCOC(=O)C(O)C(O)c1cccc(C(=N)N)c1. The van der Waals surface area contributed by atoms with Crippen molar-refractivity contribution in [2.24, 2.45) is 5.73 Å². The number of hydrogen-bond acceptors (Lipinski definition) is 5. The van der Waals surface area contributed by atoms with Crippen LogP contribution in [0.15, 0.2) is 24.3 Å². The van der Waals surface area contributed by atoms with Crippen LogP contribution in [0.3, 0.4) is 0 Å². The van der Waals surface area contributed by atoms with Gasteiger partial charge in [-0.1, -0.05) is 18.2 Å². The molecule has 1 aromatic carbocycles. The second kappa shape index (κ2) is 6.13. The molecular formula is C12H16N2O4. The largest absolute Gasteiger partial charge is 0.464 e. The van der Waals surface area contributed by atoms with Crippen LogP contribution in [0.25, 0.3) is 0 Å². The lowest BCUT2D eigenvalue weighted by Crippen LogP contribution is -2.30. The molecule has 0 fully saturated rings. The van der Waals surface area contributed by atoms with E-state index in [1.54, 1.807) is 19.1 Å². The molecule has 0 aliphatic rings. The van der Waals surface area contributed by atoms with Crippen LogP contribution in [0, 0.1) is 5.41 Å². The van der Waals surface area contributed by atoms with Crippen LogP contribution in [0.2, 0.25) is 0 Å². The molecule has 6 heteroatoms. The summed E-state index contributed by atoms with van der Waals surface area (Å²) in [7, 11) is 0. The van der Waals surface area contributed by atoms with E-state index in [4.69, 9.17) is 11.1 Å². The maximum Gasteiger partial charge on any atom is 0.338 e. The highest BCUT2D eigenvalue weighted by atomic mass is 16.5. The van der Waals surface area contributed by atoms with Crippen LogP contribution >= 0.6 is 0 Å². The van der Waals surface area contributed by atoms with E-state index in [2.05, 4.69) is 4.74 Å². The van der Waals surface area contributed by atoms with Gasteiger partial charge >= 0.3 is 5.97 Å². The summed E-state index contributed by atoms with van der Waals surface area (Å²) in [6.07, 6.45) is -3.07. The number of esters is 1. The van der Waals surface area contributed by atoms with E-state index in [1.165, 1.54) is 12.1 Å². The van der Waals surface area contributed by atoms with Crippen LogP contribution in [-0.2, 0) is 9.53 Å². The van der Waals surface area contributed by atoms with Gasteiger partial charge in [-0.2, -0.15) is 0 Å². The first-order valence-electron chi connectivity index (χ1n) is 5.44. The Morgan fingerprint density at radius 3 is 2.72 bits per heavy atom. The van der Waals surface area contributed by atoms with Crippen molar-refractivity contribution < 1.29 is 19.7 Å². The van der Waals surface area contributed by atoms with Crippen LogP contribution in [0.5, 0.6) is 0 Å². The summed E-state index contributed by atoms with van der Waals surface area (Å²) in [5.41, 5.74) is 6.01. The van der Waals surface area contributed by atoms with E-state index in [1.807, 2.05) is 0 Å². The van der Waals surface area contributed by atoms with Gasteiger partial charge in [-0.15, -0.1) is 0 Å². The molecule has 0 amide bonds. The van der Waals surface area contributed by atoms with Crippen molar-refractivity contribution in [3.8, 4) is 0 Å². The van der Waals surface area contributed by atoms with Gasteiger partial charge in [0.1, 0.15) is 11.9 Å². The van der Waals surface area contributed by atoms with Gasteiger partial charge in [0.25, 0.3) is 0 Å². The summed E-state index contributed by atoms with van der Waals surface area (Å²) >= 11 is 0. The van der Waals surface area contributed by atoms with E-state index >= 15 is 0 Å². The maximum atomic E-state index is 11.3. The quantitative estimate of drug-likeness (QED) is 0.332. The lowest BCUT2D eigenvalue weighted by Gasteiger charge is -2.17. The highest BCUT2D eigenvalue weighted by Crippen LogP contribution is 2.19. The molecule has 0 saturated heterocycles. The Labute approximate surface area is 105 Å². The summed E-state index contributed by atoms with van der Waals surface area (Å²) in [5.74, 6) is -1.05. The van der Waals surface area contributed by atoms with Gasteiger partial charge in [0, 0.05) is 5.56 Å². The highest BCUT2D eigenvalue weighted by molar-refractivity contribution is 5.95. The van der Waals surface area contributed by atoms with Crippen LogP contribution in [0.4, 0.5) is 0 Å². The molecule has 0 spiro atoms. The lowest BCUT2D eigenvalue weighted by molar-refractivity contribution is -0.159. The van der Waals surface area contributed by atoms with E-state index in [-0.39, 0.29) is 12.4 Å². The second-order valence-corrected chi connectivity index (χ2v) is 3.68. The van der Waals surface area contributed by atoms with Crippen LogP contribution < -0.4 is 5.73 Å². The Kier molecular flexibility index (Phi) is 4.82. The number of nitrogen functional groups attached to an aromatic ring is 1. The third-order valence-electron chi connectivity index (χ3n) is 2.37. The number of carbonyl (C=O) groups excluding carboxylic acids is 1. The number of nitrogens with two attached hydrogens (primary N) is 1. The summed E-state index contributed by atoms with van der Waals surface area (Å²) in [6, 6.07) is 6.14. The summed E-state index contributed by atoms with van der Waals surface area (Å²) in [4.78, 5) is 11.3. The molecule has 0 saturated carbocycles. The fourth-order valence-electron chi connectivity index (χ4n) is 1.43. The van der Waals surface area contributed by atoms with Gasteiger partial charge in [0.05, 0.1) is 6.61 Å². The minimum Gasteiger partial charge on any atom is -0.464 e.